The number of benzene rings is 4. The highest BCUT2D eigenvalue weighted by atomic mass is 16.7. The van der Waals surface area contributed by atoms with Crippen molar-refractivity contribution in [2.24, 2.45) is 5.92 Å². The maximum Gasteiger partial charge on any atom is 0.315 e. The summed E-state index contributed by atoms with van der Waals surface area (Å²) in [5.74, 6) is 0.0123. The number of rotatable bonds is 12. The Balaban J connectivity index is 1.37. The predicted octanol–water partition coefficient (Wildman–Crippen LogP) is 6.51. The lowest BCUT2D eigenvalue weighted by Gasteiger charge is -2.43. The Morgan fingerprint density at radius 1 is 0.872 bits per heavy atom. The summed E-state index contributed by atoms with van der Waals surface area (Å²) in [6.45, 7) is 7.64. The van der Waals surface area contributed by atoms with Crippen molar-refractivity contribution >= 4 is 6.03 Å². The van der Waals surface area contributed by atoms with Crippen LogP contribution in [0.3, 0.4) is 0 Å². The number of hydrogen-bond acceptors (Lipinski definition) is 6. The van der Waals surface area contributed by atoms with Gasteiger partial charge in [-0.25, -0.2) is 4.79 Å². The third kappa shape index (κ3) is 8.46. The van der Waals surface area contributed by atoms with E-state index in [-0.39, 0.29) is 36.8 Å². The molecule has 248 valence electrons. The van der Waals surface area contributed by atoms with Crippen LogP contribution in [0.2, 0.25) is 0 Å². The van der Waals surface area contributed by atoms with E-state index >= 15 is 0 Å². The fourth-order valence-corrected chi connectivity index (χ4v) is 6.12. The molecule has 1 heterocycles. The minimum Gasteiger partial charge on any atom is -0.392 e. The molecule has 5 rings (SSSR count). The van der Waals surface area contributed by atoms with Gasteiger partial charge in [0.2, 0.25) is 0 Å². The zero-order chi connectivity index (χ0) is 33.3. The number of carbonyl (C=O) groups excluding carboxylic acids is 1. The van der Waals surface area contributed by atoms with Crippen LogP contribution in [-0.4, -0.2) is 53.4 Å². The lowest BCUT2D eigenvalue weighted by atomic mass is 9.89. The van der Waals surface area contributed by atoms with Gasteiger partial charge in [-0.2, -0.15) is 0 Å². The van der Waals surface area contributed by atoms with Crippen molar-refractivity contribution in [2.75, 3.05) is 20.1 Å². The molecule has 1 fully saturated rings. The van der Waals surface area contributed by atoms with Crippen molar-refractivity contribution in [1.82, 2.24) is 15.5 Å². The van der Waals surface area contributed by atoms with Crippen molar-refractivity contribution in [3.8, 4) is 11.1 Å². The Morgan fingerprint density at radius 2 is 1.53 bits per heavy atom. The second-order valence-corrected chi connectivity index (χ2v) is 12.3. The van der Waals surface area contributed by atoms with Crippen LogP contribution in [0, 0.1) is 5.92 Å². The Kier molecular flexibility index (Phi) is 11.8. The van der Waals surface area contributed by atoms with Gasteiger partial charge in [-0.05, 0) is 54.3 Å². The number of nitrogens with one attached hydrogen (secondary N) is 2. The number of aliphatic hydroxyl groups excluding tert-OH is 2. The number of amides is 2. The summed E-state index contributed by atoms with van der Waals surface area (Å²) >= 11 is 0. The third-order valence-electron chi connectivity index (χ3n) is 9.17. The summed E-state index contributed by atoms with van der Waals surface area (Å²) in [5.41, 5.74) is 6.76. The minimum absolute atomic E-state index is 0.0123. The second-order valence-electron chi connectivity index (χ2n) is 12.3. The van der Waals surface area contributed by atoms with E-state index in [0.717, 1.165) is 38.9 Å². The topological polar surface area (TPSA) is 103 Å². The Morgan fingerprint density at radius 3 is 2.21 bits per heavy atom. The standard InChI is InChI=1S/C39H47N3O5/c1-5-40-39(45)41-23-33-13-9-10-14-34(33)29-19-21-32(22-20-29)38-46-35(24-42(4)27(3)36(44)30-11-7-6-8-12-30)26(2)37(47-38)31-17-15-28(25-43)16-18-31/h6-22,26-27,35-38,43-44H,5,23-25H2,1-4H3,(H2,40,41,45)/t26-,27-,35+,36-,37+,38+/m0/s1. The van der Waals surface area contributed by atoms with Crippen molar-refractivity contribution in [3.05, 3.63) is 131 Å². The molecule has 2 amide bonds. The van der Waals surface area contributed by atoms with Crippen LogP contribution in [0.25, 0.3) is 11.1 Å². The van der Waals surface area contributed by atoms with Gasteiger partial charge >= 0.3 is 6.03 Å². The molecule has 8 heteroatoms. The predicted molar refractivity (Wildman–Crippen MR) is 184 cm³/mol. The molecule has 0 aliphatic carbocycles. The molecule has 1 saturated heterocycles. The quantitative estimate of drug-likeness (QED) is 0.141. The Hall–Kier alpha value is -4.05. The van der Waals surface area contributed by atoms with Crippen LogP contribution in [-0.2, 0) is 22.6 Å². The molecule has 4 N–H and O–H groups in total. The van der Waals surface area contributed by atoms with Crippen LogP contribution in [0.4, 0.5) is 4.79 Å². The fourth-order valence-electron chi connectivity index (χ4n) is 6.12. The fraction of sp³-hybridized carbons (Fsp3) is 0.359. The molecule has 1 aliphatic rings. The number of aliphatic hydroxyl groups is 2. The monoisotopic (exact) mass is 637 g/mol. The van der Waals surface area contributed by atoms with E-state index in [1.807, 2.05) is 106 Å². The molecule has 0 aromatic heterocycles. The van der Waals surface area contributed by atoms with Crippen LogP contribution >= 0.6 is 0 Å². The lowest BCUT2D eigenvalue weighted by Crippen LogP contribution is -2.46. The number of likely N-dealkylation sites (N-methyl/N-ethyl adjacent to an activating group) is 1. The molecule has 0 radical (unpaired) electrons. The summed E-state index contributed by atoms with van der Waals surface area (Å²) in [4.78, 5) is 14.2. The largest absolute Gasteiger partial charge is 0.392 e. The van der Waals surface area contributed by atoms with E-state index in [2.05, 4.69) is 40.7 Å². The summed E-state index contributed by atoms with van der Waals surface area (Å²) in [6, 6.07) is 33.6. The van der Waals surface area contributed by atoms with E-state index in [9.17, 15) is 15.0 Å². The lowest BCUT2D eigenvalue weighted by molar-refractivity contribution is -0.276. The highest BCUT2D eigenvalue weighted by Crippen LogP contribution is 2.42. The van der Waals surface area contributed by atoms with Crippen molar-refractivity contribution in [2.45, 2.75) is 64.6 Å². The average Bonchev–Trinajstić information content (AvgIpc) is 3.11. The van der Waals surface area contributed by atoms with Crippen molar-refractivity contribution in [3.63, 3.8) is 0 Å². The number of hydrogen-bond donors (Lipinski definition) is 4. The summed E-state index contributed by atoms with van der Waals surface area (Å²) in [7, 11) is 2.02. The van der Waals surface area contributed by atoms with Crippen LogP contribution < -0.4 is 10.6 Å². The number of ether oxygens (including phenoxy) is 2. The van der Waals surface area contributed by atoms with Gasteiger partial charge in [0.25, 0.3) is 0 Å². The first kappa shape index (κ1) is 34.3. The van der Waals surface area contributed by atoms with Gasteiger partial charge in [0, 0.05) is 37.2 Å². The Labute approximate surface area is 278 Å². The van der Waals surface area contributed by atoms with E-state index in [4.69, 9.17) is 9.47 Å². The van der Waals surface area contributed by atoms with Gasteiger partial charge in [0.05, 0.1) is 24.9 Å². The zero-order valence-electron chi connectivity index (χ0n) is 27.7. The SMILES string of the molecule is CCNC(=O)NCc1ccccc1-c1ccc([C@@H]2O[C@H](CN(C)[C@@H](C)[C@H](O)c3ccccc3)[C@H](C)[C@H](c3ccc(CO)cc3)O2)cc1. The smallest absolute Gasteiger partial charge is 0.315 e. The maximum absolute atomic E-state index is 12.0. The van der Waals surface area contributed by atoms with Gasteiger partial charge in [0.1, 0.15) is 0 Å². The average molecular weight is 638 g/mol. The maximum atomic E-state index is 12.0. The van der Waals surface area contributed by atoms with Crippen LogP contribution in [0.1, 0.15) is 67.1 Å². The van der Waals surface area contributed by atoms with E-state index in [0.29, 0.717) is 19.6 Å². The molecule has 4 aromatic carbocycles. The molecule has 47 heavy (non-hydrogen) atoms. The molecule has 0 saturated carbocycles. The number of carbonyl (C=O) groups is 1. The molecular weight excluding hydrogens is 590 g/mol. The summed E-state index contributed by atoms with van der Waals surface area (Å²) in [5, 5.41) is 26.4. The van der Waals surface area contributed by atoms with Crippen molar-refractivity contribution in [1.29, 1.82) is 0 Å². The number of nitrogens with zero attached hydrogens (tertiary/aromatic N) is 1. The normalized spacial score (nSPS) is 20.8. The molecular formula is C39H47N3O5. The summed E-state index contributed by atoms with van der Waals surface area (Å²) < 4.78 is 13.4. The van der Waals surface area contributed by atoms with Crippen LogP contribution in [0.15, 0.2) is 103 Å². The highest BCUT2D eigenvalue weighted by molar-refractivity contribution is 5.74. The second kappa shape index (κ2) is 16.2. The molecule has 8 nitrogen and oxygen atoms in total. The van der Waals surface area contributed by atoms with Crippen LogP contribution in [0.5, 0.6) is 0 Å². The van der Waals surface area contributed by atoms with E-state index in [1.165, 1.54) is 0 Å². The first-order chi connectivity index (χ1) is 22.8. The minimum atomic E-state index is -0.638. The van der Waals surface area contributed by atoms with Gasteiger partial charge in [-0.3, -0.25) is 4.90 Å². The van der Waals surface area contributed by atoms with E-state index in [1.54, 1.807) is 0 Å². The van der Waals surface area contributed by atoms with E-state index < -0.39 is 12.4 Å². The molecule has 0 spiro atoms. The van der Waals surface area contributed by atoms with Crippen molar-refractivity contribution < 1.29 is 24.5 Å². The van der Waals surface area contributed by atoms with Gasteiger partial charge in [-0.15, -0.1) is 0 Å². The first-order valence-electron chi connectivity index (χ1n) is 16.4. The molecule has 0 bridgehead atoms. The third-order valence-corrected chi connectivity index (χ3v) is 9.17. The Bertz CT molecular complexity index is 1560. The highest BCUT2D eigenvalue weighted by Gasteiger charge is 2.39. The van der Waals surface area contributed by atoms with Gasteiger partial charge < -0.3 is 30.3 Å². The zero-order valence-corrected chi connectivity index (χ0v) is 27.7. The first-order valence-corrected chi connectivity index (χ1v) is 16.4. The molecule has 4 aromatic rings. The summed E-state index contributed by atoms with van der Waals surface area (Å²) in [6.07, 6.45) is -1.67. The van der Waals surface area contributed by atoms with Gasteiger partial charge in [0.15, 0.2) is 6.29 Å². The van der Waals surface area contributed by atoms with Gasteiger partial charge in [-0.1, -0.05) is 110 Å². The number of urea groups is 1. The molecule has 0 unspecified atom stereocenters. The molecule has 1 aliphatic heterocycles. The molecule has 6 atom stereocenters.